The summed E-state index contributed by atoms with van der Waals surface area (Å²) in [7, 11) is 0. The van der Waals surface area contributed by atoms with Crippen LogP contribution in [0.25, 0.3) is 0 Å². The molecular formula is C28H48O. The van der Waals surface area contributed by atoms with E-state index >= 15 is 0 Å². The molecule has 166 valence electrons. The highest BCUT2D eigenvalue weighted by molar-refractivity contribution is 5.09. The lowest BCUT2D eigenvalue weighted by molar-refractivity contribution is -0.0800. The van der Waals surface area contributed by atoms with Gasteiger partial charge in [-0.1, -0.05) is 46.8 Å². The van der Waals surface area contributed by atoms with Gasteiger partial charge in [0.1, 0.15) is 0 Å². The van der Waals surface area contributed by atoms with Gasteiger partial charge < -0.3 is 5.11 Å². The first-order chi connectivity index (χ1) is 13.8. The van der Waals surface area contributed by atoms with Gasteiger partial charge in [-0.05, 0) is 123 Å². The highest BCUT2D eigenvalue weighted by atomic mass is 16.3. The van der Waals surface area contributed by atoms with Gasteiger partial charge in [-0.2, -0.15) is 0 Å². The molecule has 10 unspecified atom stereocenters. The number of aliphatic hydroxyl groups is 1. The van der Waals surface area contributed by atoms with Crippen molar-refractivity contribution in [2.24, 2.45) is 58.7 Å². The van der Waals surface area contributed by atoms with E-state index in [0.717, 1.165) is 66.1 Å². The molecule has 0 aromatic carbocycles. The topological polar surface area (TPSA) is 20.2 Å². The first-order valence-electron chi connectivity index (χ1n) is 13.2. The summed E-state index contributed by atoms with van der Waals surface area (Å²) in [5.74, 6) is 7.85. The van der Waals surface area contributed by atoms with E-state index in [2.05, 4.69) is 46.8 Å². The Morgan fingerprint density at radius 2 is 1.66 bits per heavy atom. The molecule has 29 heavy (non-hydrogen) atoms. The average molecular weight is 401 g/mol. The maximum atomic E-state index is 10.2. The van der Waals surface area contributed by atoms with Crippen molar-refractivity contribution in [3.8, 4) is 0 Å². The van der Waals surface area contributed by atoms with E-state index in [1.54, 1.807) is 0 Å². The molecule has 0 bridgehead atoms. The second-order valence-corrected chi connectivity index (χ2v) is 12.2. The van der Waals surface area contributed by atoms with E-state index in [1.165, 1.54) is 51.4 Å². The average Bonchev–Trinajstić information content (AvgIpc) is 3.05. The Balaban J connectivity index is 1.46. The Labute approximate surface area is 181 Å². The van der Waals surface area contributed by atoms with Crippen molar-refractivity contribution in [3.05, 3.63) is 12.2 Å². The molecule has 0 amide bonds. The fourth-order valence-corrected chi connectivity index (χ4v) is 9.01. The Bertz CT molecular complexity index is 579. The first kappa shape index (κ1) is 21.9. The van der Waals surface area contributed by atoms with Gasteiger partial charge in [0, 0.05) is 0 Å². The molecule has 4 saturated carbocycles. The minimum atomic E-state index is 0.00272. The minimum Gasteiger partial charge on any atom is -0.393 e. The Morgan fingerprint density at radius 3 is 2.38 bits per heavy atom. The summed E-state index contributed by atoms with van der Waals surface area (Å²) in [6.07, 6.45) is 18.7. The zero-order chi connectivity index (χ0) is 20.8. The molecular weight excluding hydrogens is 352 g/mol. The van der Waals surface area contributed by atoms with Crippen LogP contribution in [0.2, 0.25) is 0 Å². The van der Waals surface area contributed by atoms with E-state index in [9.17, 15) is 5.11 Å². The molecule has 4 rings (SSSR count). The van der Waals surface area contributed by atoms with Crippen LogP contribution in [0.5, 0.6) is 0 Å². The lowest BCUT2D eigenvalue weighted by Gasteiger charge is -2.56. The zero-order valence-electron chi connectivity index (χ0n) is 19.9. The van der Waals surface area contributed by atoms with Gasteiger partial charge in [-0.3, -0.25) is 0 Å². The molecule has 4 fully saturated rings. The number of allylic oxidation sites excluding steroid dienone is 2. The maximum absolute atomic E-state index is 10.2. The molecule has 0 spiro atoms. The van der Waals surface area contributed by atoms with Gasteiger partial charge >= 0.3 is 0 Å². The van der Waals surface area contributed by atoms with Crippen LogP contribution < -0.4 is 0 Å². The van der Waals surface area contributed by atoms with Crippen LogP contribution in [0, 0.1) is 58.7 Å². The third kappa shape index (κ3) is 3.99. The van der Waals surface area contributed by atoms with Crippen molar-refractivity contribution in [3.63, 3.8) is 0 Å². The van der Waals surface area contributed by atoms with Gasteiger partial charge in [0.15, 0.2) is 0 Å². The van der Waals surface area contributed by atoms with Gasteiger partial charge in [0.2, 0.25) is 0 Å². The molecule has 1 heteroatoms. The lowest BCUT2D eigenvalue weighted by atomic mass is 9.49. The third-order valence-corrected chi connectivity index (χ3v) is 10.6. The van der Waals surface area contributed by atoms with E-state index in [0.29, 0.717) is 5.41 Å². The quantitative estimate of drug-likeness (QED) is 0.474. The molecule has 4 aliphatic carbocycles. The van der Waals surface area contributed by atoms with Crippen LogP contribution in [0.4, 0.5) is 0 Å². The molecule has 4 aliphatic rings. The predicted molar refractivity (Wildman–Crippen MR) is 124 cm³/mol. The van der Waals surface area contributed by atoms with Crippen LogP contribution in [0.3, 0.4) is 0 Å². The fourth-order valence-electron chi connectivity index (χ4n) is 9.01. The standard InChI is InChI=1S/C28H48O/c1-6-20(18(2)3)8-7-19(4)26-13-14-27-25-11-9-21-17-22(29)10-12-23(21)24(25)15-16-28(26,27)5/h7-8,18-27,29H,6,9-17H2,1-5H3. The van der Waals surface area contributed by atoms with E-state index in [-0.39, 0.29) is 6.10 Å². The number of fused-ring (bicyclic) bond motifs is 5. The molecule has 0 aromatic heterocycles. The van der Waals surface area contributed by atoms with Gasteiger partial charge in [-0.25, -0.2) is 0 Å². The number of hydrogen-bond acceptors (Lipinski definition) is 1. The molecule has 0 saturated heterocycles. The summed E-state index contributed by atoms with van der Waals surface area (Å²) >= 11 is 0. The van der Waals surface area contributed by atoms with Crippen LogP contribution in [0.15, 0.2) is 12.2 Å². The summed E-state index contributed by atoms with van der Waals surface area (Å²) in [5, 5.41) is 10.2. The van der Waals surface area contributed by atoms with E-state index in [4.69, 9.17) is 0 Å². The fraction of sp³-hybridized carbons (Fsp3) is 0.929. The Kier molecular flexibility index (Phi) is 6.56. The Hall–Kier alpha value is -0.300. The molecule has 10 atom stereocenters. The van der Waals surface area contributed by atoms with Crippen molar-refractivity contribution in [1.29, 1.82) is 0 Å². The minimum absolute atomic E-state index is 0.00272. The highest BCUT2D eigenvalue weighted by Crippen LogP contribution is 2.65. The van der Waals surface area contributed by atoms with Crippen LogP contribution in [-0.4, -0.2) is 11.2 Å². The van der Waals surface area contributed by atoms with Crippen LogP contribution >= 0.6 is 0 Å². The van der Waals surface area contributed by atoms with Crippen molar-refractivity contribution in [2.45, 2.75) is 105 Å². The largest absolute Gasteiger partial charge is 0.393 e. The van der Waals surface area contributed by atoms with Crippen LogP contribution in [0.1, 0.15) is 98.8 Å². The second-order valence-electron chi connectivity index (χ2n) is 12.2. The summed E-state index contributed by atoms with van der Waals surface area (Å²) in [4.78, 5) is 0. The maximum Gasteiger partial charge on any atom is 0.0543 e. The van der Waals surface area contributed by atoms with Gasteiger partial charge in [-0.15, -0.1) is 0 Å². The smallest absolute Gasteiger partial charge is 0.0543 e. The number of aliphatic hydroxyl groups excluding tert-OH is 1. The Morgan fingerprint density at radius 1 is 0.897 bits per heavy atom. The molecule has 1 nitrogen and oxygen atoms in total. The normalized spacial score (nSPS) is 46.9. The van der Waals surface area contributed by atoms with Crippen molar-refractivity contribution >= 4 is 0 Å². The van der Waals surface area contributed by atoms with Gasteiger partial charge in [0.25, 0.3) is 0 Å². The first-order valence-corrected chi connectivity index (χ1v) is 13.2. The lowest BCUT2D eigenvalue weighted by Crippen LogP contribution is -2.49. The molecule has 1 N–H and O–H groups in total. The summed E-state index contributed by atoms with van der Waals surface area (Å²) < 4.78 is 0. The summed E-state index contributed by atoms with van der Waals surface area (Å²) in [5.41, 5.74) is 0.575. The second kappa shape index (κ2) is 8.68. The summed E-state index contributed by atoms with van der Waals surface area (Å²) in [6.45, 7) is 12.3. The van der Waals surface area contributed by atoms with E-state index in [1.807, 2.05) is 0 Å². The van der Waals surface area contributed by atoms with Crippen molar-refractivity contribution < 1.29 is 5.11 Å². The van der Waals surface area contributed by atoms with Crippen LogP contribution in [-0.2, 0) is 0 Å². The predicted octanol–water partition coefficient (Wildman–Crippen LogP) is 7.49. The molecule has 0 aliphatic heterocycles. The van der Waals surface area contributed by atoms with Crippen molar-refractivity contribution in [1.82, 2.24) is 0 Å². The zero-order valence-corrected chi connectivity index (χ0v) is 19.9. The molecule has 0 aromatic rings. The van der Waals surface area contributed by atoms with Crippen molar-refractivity contribution in [2.75, 3.05) is 0 Å². The highest BCUT2D eigenvalue weighted by Gasteiger charge is 2.57. The third-order valence-electron chi connectivity index (χ3n) is 10.6. The van der Waals surface area contributed by atoms with E-state index < -0.39 is 0 Å². The number of hydrogen-bond donors (Lipinski definition) is 1. The molecule has 0 heterocycles. The number of rotatable bonds is 5. The SMILES string of the molecule is CCC(C=CC(C)C1CCC2C3CCC4CC(O)CCC4C3CCC12C)C(C)C. The monoisotopic (exact) mass is 400 g/mol. The molecule has 0 radical (unpaired) electrons. The van der Waals surface area contributed by atoms with Gasteiger partial charge in [0.05, 0.1) is 6.10 Å². The summed E-state index contributed by atoms with van der Waals surface area (Å²) in [6, 6.07) is 0.